The van der Waals surface area contributed by atoms with Gasteiger partial charge in [-0.25, -0.2) is 4.57 Å². The van der Waals surface area contributed by atoms with Crippen molar-refractivity contribution in [1.82, 2.24) is 0 Å². The molecule has 2 unspecified atom stereocenters. The molecule has 0 amide bonds. The Bertz CT molecular complexity index is 806. The third-order valence-electron chi connectivity index (χ3n) is 3.63. The van der Waals surface area contributed by atoms with Crippen LogP contribution >= 0.6 is 7.82 Å². The van der Waals surface area contributed by atoms with Crippen LogP contribution in [0.25, 0.3) is 0 Å². The van der Waals surface area contributed by atoms with Crippen molar-refractivity contribution in [2.24, 2.45) is 0 Å². The van der Waals surface area contributed by atoms with Crippen molar-refractivity contribution in [3.8, 4) is 12.1 Å². The zero-order valence-electron chi connectivity index (χ0n) is 15.0. The first-order chi connectivity index (χ1) is 12.8. The molecule has 1 aliphatic rings. The van der Waals surface area contributed by atoms with E-state index in [0.29, 0.717) is 0 Å². The number of fused-ring (bicyclic) bond motifs is 2. The average Bonchev–Trinajstić information content (AvgIpc) is 2.65. The normalized spacial score (nSPS) is 15.7. The molecular formula is C19H20N3O4P. The lowest BCUT2D eigenvalue weighted by Crippen LogP contribution is -2.09. The highest BCUT2D eigenvalue weighted by Gasteiger charge is 2.27. The molecular weight excluding hydrogens is 365 g/mol. The van der Waals surface area contributed by atoms with Crippen molar-refractivity contribution < 1.29 is 18.5 Å². The highest BCUT2D eigenvalue weighted by molar-refractivity contribution is 7.47. The SMILES string of the molecule is CC(C#N)OP(=O)(O)OC(C)C#N.c1ccc2c(c1)Cc1ccccc1N2. The molecule has 8 heteroatoms. The number of rotatable bonds is 4. The van der Waals surface area contributed by atoms with Gasteiger partial charge in [-0.15, -0.1) is 0 Å². The number of phosphoric acid groups is 1. The molecule has 0 aromatic heterocycles. The van der Waals surface area contributed by atoms with Crippen molar-refractivity contribution in [1.29, 1.82) is 10.5 Å². The van der Waals surface area contributed by atoms with Gasteiger partial charge in [0, 0.05) is 17.8 Å². The first kappa shape index (κ1) is 20.6. The van der Waals surface area contributed by atoms with Gasteiger partial charge < -0.3 is 10.2 Å². The number of nitrogens with zero attached hydrogens (tertiary/aromatic N) is 2. The van der Waals surface area contributed by atoms with Crippen molar-refractivity contribution in [3.05, 3.63) is 59.7 Å². The van der Waals surface area contributed by atoms with Gasteiger partial charge in [0.15, 0.2) is 12.2 Å². The second-order valence-electron chi connectivity index (χ2n) is 5.84. The quantitative estimate of drug-likeness (QED) is 0.644. The predicted molar refractivity (Wildman–Crippen MR) is 101 cm³/mol. The highest BCUT2D eigenvalue weighted by Crippen LogP contribution is 2.45. The first-order valence-electron chi connectivity index (χ1n) is 8.26. The Labute approximate surface area is 158 Å². The summed E-state index contributed by atoms with van der Waals surface area (Å²) in [6.45, 7) is 2.59. The number of phosphoric ester groups is 1. The summed E-state index contributed by atoms with van der Waals surface area (Å²) in [5, 5.41) is 20.0. The van der Waals surface area contributed by atoms with E-state index in [1.165, 1.54) is 36.3 Å². The Kier molecular flexibility index (Phi) is 7.12. The van der Waals surface area contributed by atoms with Gasteiger partial charge in [-0.1, -0.05) is 36.4 Å². The number of hydrogen-bond acceptors (Lipinski definition) is 6. The van der Waals surface area contributed by atoms with Crippen LogP contribution in [0.4, 0.5) is 11.4 Å². The van der Waals surface area contributed by atoms with Crippen LogP contribution in [0.5, 0.6) is 0 Å². The Morgan fingerprint density at radius 3 is 1.78 bits per heavy atom. The maximum atomic E-state index is 11.0. The molecule has 2 aromatic rings. The van der Waals surface area contributed by atoms with Crippen molar-refractivity contribution in [3.63, 3.8) is 0 Å². The highest BCUT2D eigenvalue weighted by atomic mass is 31.2. The minimum atomic E-state index is -4.28. The van der Waals surface area contributed by atoms with Gasteiger partial charge in [0.25, 0.3) is 0 Å². The van der Waals surface area contributed by atoms with E-state index in [1.54, 1.807) is 12.1 Å². The summed E-state index contributed by atoms with van der Waals surface area (Å²) in [5.74, 6) is 0. The molecule has 0 saturated carbocycles. The molecule has 0 spiro atoms. The fraction of sp³-hybridized carbons (Fsp3) is 0.263. The third-order valence-corrected chi connectivity index (χ3v) is 4.80. The number of nitriles is 2. The van der Waals surface area contributed by atoms with Crippen LogP contribution in [0.15, 0.2) is 48.5 Å². The fourth-order valence-corrected chi connectivity index (χ4v) is 3.36. The van der Waals surface area contributed by atoms with Crippen LogP contribution < -0.4 is 5.32 Å². The lowest BCUT2D eigenvalue weighted by atomic mass is 9.98. The fourth-order valence-electron chi connectivity index (χ4n) is 2.41. The van der Waals surface area contributed by atoms with Gasteiger partial charge in [0.1, 0.15) is 0 Å². The van der Waals surface area contributed by atoms with Crippen molar-refractivity contribution in [2.75, 3.05) is 5.32 Å². The van der Waals surface area contributed by atoms with E-state index in [9.17, 15) is 4.57 Å². The molecule has 0 bridgehead atoms. The maximum Gasteiger partial charge on any atom is 0.474 e. The molecule has 140 valence electrons. The summed E-state index contributed by atoms with van der Waals surface area (Å²) in [6, 6.07) is 20.1. The molecule has 7 nitrogen and oxygen atoms in total. The standard InChI is InChI=1S/C13H11N.C6H9N2O4P/c1-3-7-12-10(5-1)9-11-6-2-4-8-13(11)14-12;1-5(3-7)11-13(9,10)12-6(2)4-8/h1-8,14H,9H2;5-6H,1-2H3,(H,9,10). The zero-order chi connectivity index (χ0) is 19.9. The average molecular weight is 385 g/mol. The van der Waals surface area contributed by atoms with E-state index in [2.05, 4.69) is 62.9 Å². The number of para-hydroxylation sites is 2. The molecule has 0 saturated heterocycles. The molecule has 2 N–H and O–H groups in total. The topological polar surface area (TPSA) is 115 Å². The number of anilines is 2. The summed E-state index contributed by atoms with van der Waals surface area (Å²) >= 11 is 0. The van der Waals surface area contributed by atoms with Crippen molar-refractivity contribution >= 4 is 19.2 Å². The molecule has 1 heterocycles. The molecule has 0 radical (unpaired) electrons. The second kappa shape index (κ2) is 9.32. The van der Waals surface area contributed by atoms with Crippen LogP contribution in [0, 0.1) is 22.7 Å². The molecule has 27 heavy (non-hydrogen) atoms. The Morgan fingerprint density at radius 1 is 0.963 bits per heavy atom. The van der Waals surface area contributed by atoms with Gasteiger partial charge in [-0.2, -0.15) is 10.5 Å². The zero-order valence-corrected chi connectivity index (χ0v) is 15.9. The lowest BCUT2D eigenvalue weighted by Gasteiger charge is -2.20. The van der Waals surface area contributed by atoms with Crippen molar-refractivity contribution in [2.45, 2.75) is 32.5 Å². The van der Waals surface area contributed by atoms with Crippen LogP contribution in [-0.2, 0) is 20.0 Å². The number of benzene rings is 2. The predicted octanol–water partition coefficient (Wildman–Crippen LogP) is 4.28. The summed E-state index contributed by atoms with van der Waals surface area (Å²) < 4.78 is 19.6. The largest absolute Gasteiger partial charge is 0.474 e. The summed E-state index contributed by atoms with van der Waals surface area (Å²) in [5.41, 5.74) is 5.25. The van der Waals surface area contributed by atoms with E-state index in [-0.39, 0.29) is 0 Å². The van der Waals surface area contributed by atoms with Crippen LogP contribution in [0.2, 0.25) is 0 Å². The van der Waals surface area contributed by atoms with Gasteiger partial charge in [0.2, 0.25) is 0 Å². The van der Waals surface area contributed by atoms with Crippen LogP contribution in [-0.4, -0.2) is 17.1 Å². The Hall–Kier alpha value is -2.67. The van der Waals surface area contributed by atoms with E-state index in [4.69, 9.17) is 15.4 Å². The van der Waals surface area contributed by atoms with Gasteiger partial charge in [0.05, 0.1) is 12.1 Å². The minimum Gasteiger partial charge on any atom is -0.355 e. The molecule has 2 atom stereocenters. The van der Waals surface area contributed by atoms with Crippen LogP contribution in [0.1, 0.15) is 25.0 Å². The van der Waals surface area contributed by atoms with E-state index in [1.807, 2.05) is 0 Å². The first-order valence-corrected chi connectivity index (χ1v) is 9.76. The Balaban J connectivity index is 0.000000195. The smallest absolute Gasteiger partial charge is 0.355 e. The Morgan fingerprint density at radius 2 is 1.37 bits per heavy atom. The van der Waals surface area contributed by atoms with Gasteiger partial charge >= 0.3 is 7.82 Å². The van der Waals surface area contributed by atoms with E-state index < -0.39 is 20.0 Å². The molecule has 1 aliphatic heterocycles. The maximum absolute atomic E-state index is 11.0. The molecule has 3 rings (SSSR count). The summed E-state index contributed by atoms with van der Waals surface area (Å²) in [7, 11) is -4.28. The van der Waals surface area contributed by atoms with Gasteiger partial charge in [-0.3, -0.25) is 9.05 Å². The summed E-state index contributed by atoms with van der Waals surface area (Å²) in [6.07, 6.45) is -1.07. The third kappa shape index (κ3) is 6.21. The van der Waals surface area contributed by atoms with Gasteiger partial charge in [-0.05, 0) is 37.1 Å². The molecule has 0 aliphatic carbocycles. The monoisotopic (exact) mass is 385 g/mol. The van der Waals surface area contributed by atoms with E-state index >= 15 is 0 Å². The summed E-state index contributed by atoms with van der Waals surface area (Å²) in [4.78, 5) is 8.93. The molecule has 2 aromatic carbocycles. The number of nitrogens with one attached hydrogen (secondary N) is 1. The minimum absolute atomic E-state index is 1.04. The lowest BCUT2D eigenvalue weighted by molar-refractivity contribution is 0.120. The van der Waals surface area contributed by atoms with E-state index in [0.717, 1.165) is 6.42 Å². The number of hydrogen-bond donors (Lipinski definition) is 2. The second-order valence-corrected chi connectivity index (χ2v) is 7.20. The molecule has 0 fully saturated rings. The van der Waals surface area contributed by atoms with Crippen LogP contribution in [0.3, 0.4) is 0 Å².